The summed E-state index contributed by atoms with van der Waals surface area (Å²) in [5, 5.41) is 38.2. The summed E-state index contributed by atoms with van der Waals surface area (Å²) in [6.45, 7) is 2.20. The molecule has 0 saturated carbocycles. The number of aliphatic hydroxyl groups is 4. The maximum atomic E-state index is 9.80. The number of hydrogen-bond acceptors (Lipinski definition) is 6. The van der Waals surface area contributed by atoms with Crippen LogP contribution in [-0.4, -0.2) is 93.9 Å². The Labute approximate surface area is 161 Å². The summed E-state index contributed by atoms with van der Waals surface area (Å²) in [6, 6.07) is 0. The van der Waals surface area contributed by atoms with E-state index in [-0.39, 0.29) is 29.6 Å². The SMILES string of the molecule is CCCCCCCCCCO[C@H]1O[C@H](CO)[C@H](O)[C@H](O)[C@H]1O.[NaH]. The number of hydrogen-bond donors (Lipinski definition) is 4. The van der Waals surface area contributed by atoms with E-state index in [9.17, 15) is 15.3 Å². The van der Waals surface area contributed by atoms with Crippen molar-refractivity contribution in [2.24, 2.45) is 0 Å². The van der Waals surface area contributed by atoms with E-state index >= 15 is 0 Å². The van der Waals surface area contributed by atoms with E-state index < -0.39 is 37.3 Å². The van der Waals surface area contributed by atoms with E-state index in [1.54, 1.807) is 0 Å². The van der Waals surface area contributed by atoms with Gasteiger partial charge in [-0.05, 0) is 6.42 Å². The summed E-state index contributed by atoms with van der Waals surface area (Å²) in [7, 11) is 0. The molecule has 5 atom stereocenters. The second-order valence-electron chi connectivity index (χ2n) is 6.04. The van der Waals surface area contributed by atoms with Crippen molar-refractivity contribution < 1.29 is 29.9 Å². The molecule has 0 aromatic heterocycles. The van der Waals surface area contributed by atoms with E-state index in [1.807, 2.05) is 0 Å². The molecule has 1 heterocycles. The molecule has 23 heavy (non-hydrogen) atoms. The van der Waals surface area contributed by atoms with Crippen LogP contribution in [0.25, 0.3) is 0 Å². The first-order valence-electron chi connectivity index (χ1n) is 8.54. The van der Waals surface area contributed by atoms with Crippen LogP contribution in [0.3, 0.4) is 0 Å². The third-order valence-corrected chi connectivity index (χ3v) is 4.13. The van der Waals surface area contributed by atoms with E-state index in [0.717, 1.165) is 12.8 Å². The van der Waals surface area contributed by atoms with Crippen molar-refractivity contribution in [2.45, 2.75) is 89.0 Å². The first-order chi connectivity index (χ1) is 10.6. The number of aliphatic hydroxyl groups excluding tert-OH is 4. The van der Waals surface area contributed by atoms with Crippen molar-refractivity contribution >= 4 is 29.6 Å². The van der Waals surface area contributed by atoms with Crippen LogP contribution in [0.4, 0.5) is 0 Å². The van der Waals surface area contributed by atoms with Gasteiger partial charge in [0.2, 0.25) is 0 Å². The second kappa shape index (κ2) is 14.0. The average Bonchev–Trinajstić information content (AvgIpc) is 2.53. The van der Waals surface area contributed by atoms with E-state index in [1.165, 1.54) is 38.5 Å². The van der Waals surface area contributed by atoms with Gasteiger partial charge in [-0.1, -0.05) is 51.9 Å². The molecule has 1 fully saturated rings. The van der Waals surface area contributed by atoms with Crippen LogP contribution in [-0.2, 0) is 9.47 Å². The number of ether oxygens (including phenoxy) is 2. The molecule has 4 N–H and O–H groups in total. The van der Waals surface area contributed by atoms with Gasteiger partial charge in [-0.3, -0.25) is 0 Å². The molecule has 0 aromatic rings. The van der Waals surface area contributed by atoms with Gasteiger partial charge < -0.3 is 29.9 Å². The fraction of sp³-hybridized carbons (Fsp3) is 1.00. The second-order valence-corrected chi connectivity index (χ2v) is 6.04. The Morgan fingerprint density at radius 2 is 1.39 bits per heavy atom. The van der Waals surface area contributed by atoms with Crippen molar-refractivity contribution in [1.82, 2.24) is 0 Å². The van der Waals surface area contributed by atoms with Gasteiger partial charge in [0.15, 0.2) is 6.29 Å². The molecule has 7 heteroatoms. The molecule has 0 aliphatic carbocycles. The van der Waals surface area contributed by atoms with Crippen LogP contribution < -0.4 is 0 Å². The molecule has 0 radical (unpaired) electrons. The molecule has 134 valence electrons. The van der Waals surface area contributed by atoms with Crippen molar-refractivity contribution in [3.8, 4) is 0 Å². The van der Waals surface area contributed by atoms with Gasteiger partial charge in [0.25, 0.3) is 0 Å². The summed E-state index contributed by atoms with van der Waals surface area (Å²) in [5.74, 6) is 0. The van der Waals surface area contributed by atoms with E-state index in [4.69, 9.17) is 14.6 Å². The van der Waals surface area contributed by atoms with Gasteiger partial charge in [0, 0.05) is 6.61 Å². The molecular formula is C16H33NaO6. The molecule has 0 aromatic carbocycles. The monoisotopic (exact) mass is 344 g/mol. The molecule has 6 nitrogen and oxygen atoms in total. The molecule has 0 unspecified atom stereocenters. The fourth-order valence-electron chi connectivity index (χ4n) is 2.64. The topological polar surface area (TPSA) is 99.4 Å². The summed E-state index contributed by atoms with van der Waals surface area (Å²) in [5.41, 5.74) is 0. The zero-order valence-electron chi connectivity index (χ0n) is 13.6. The predicted molar refractivity (Wildman–Crippen MR) is 89.5 cm³/mol. The Hall–Kier alpha value is 0.760. The van der Waals surface area contributed by atoms with E-state index in [0.29, 0.717) is 6.61 Å². The Morgan fingerprint density at radius 3 is 1.96 bits per heavy atom. The molecular weight excluding hydrogens is 311 g/mol. The fourth-order valence-corrected chi connectivity index (χ4v) is 2.64. The van der Waals surface area contributed by atoms with Crippen LogP contribution in [0.1, 0.15) is 58.3 Å². The quantitative estimate of drug-likeness (QED) is 0.318. The number of unbranched alkanes of at least 4 members (excludes halogenated alkanes) is 7. The zero-order chi connectivity index (χ0) is 16.4. The van der Waals surface area contributed by atoms with Crippen LogP contribution in [0.5, 0.6) is 0 Å². The molecule has 0 amide bonds. The van der Waals surface area contributed by atoms with Crippen LogP contribution in [0.15, 0.2) is 0 Å². The standard InChI is InChI=1S/C16H32O6.Na.H/c1-2-3-4-5-6-7-8-9-10-21-16-15(20)14(19)13(18)12(11-17)22-16;;/h12-20H,2-11H2,1H3;;/t12-,13+,14+,15-,16+;;/m1../s1. The van der Waals surface area contributed by atoms with Gasteiger partial charge in [-0.15, -0.1) is 0 Å². The van der Waals surface area contributed by atoms with Gasteiger partial charge in [0.1, 0.15) is 24.4 Å². The van der Waals surface area contributed by atoms with Crippen molar-refractivity contribution in [1.29, 1.82) is 0 Å². The third-order valence-electron chi connectivity index (χ3n) is 4.13. The van der Waals surface area contributed by atoms with Gasteiger partial charge in [-0.25, -0.2) is 0 Å². The molecule has 1 saturated heterocycles. The third kappa shape index (κ3) is 8.61. The first kappa shape index (κ1) is 23.8. The Morgan fingerprint density at radius 1 is 0.826 bits per heavy atom. The Bertz CT molecular complexity index is 279. The normalized spacial score (nSPS) is 30.9. The predicted octanol–water partition coefficient (Wildman–Crippen LogP) is 0.295. The van der Waals surface area contributed by atoms with E-state index in [2.05, 4.69) is 6.92 Å². The van der Waals surface area contributed by atoms with Gasteiger partial charge in [-0.2, -0.15) is 0 Å². The summed E-state index contributed by atoms with van der Waals surface area (Å²) >= 11 is 0. The molecule has 1 rings (SSSR count). The summed E-state index contributed by atoms with van der Waals surface area (Å²) in [4.78, 5) is 0. The summed E-state index contributed by atoms with van der Waals surface area (Å²) in [6.07, 6.45) is 3.58. The minimum absolute atomic E-state index is 0. The molecule has 1 aliphatic rings. The van der Waals surface area contributed by atoms with Crippen LogP contribution >= 0.6 is 0 Å². The Balaban J connectivity index is 0.00000484. The Kier molecular flexibility index (Phi) is 14.4. The zero-order valence-corrected chi connectivity index (χ0v) is 13.6. The van der Waals surface area contributed by atoms with Gasteiger partial charge >= 0.3 is 29.6 Å². The average molecular weight is 344 g/mol. The van der Waals surface area contributed by atoms with Crippen LogP contribution in [0, 0.1) is 0 Å². The summed E-state index contributed by atoms with van der Waals surface area (Å²) < 4.78 is 10.7. The maximum absolute atomic E-state index is 9.80. The first-order valence-corrected chi connectivity index (χ1v) is 8.54. The molecule has 0 bridgehead atoms. The van der Waals surface area contributed by atoms with Crippen LogP contribution in [0.2, 0.25) is 0 Å². The number of rotatable bonds is 11. The van der Waals surface area contributed by atoms with Crippen molar-refractivity contribution in [3.05, 3.63) is 0 Å². The van der Waals surface area contributed by atoms with Gasteiger partial charge in [0.05, 0.1) is 6.61 Å². The van der Waals surface area contributed by atoms with Crippen molar-refractivity contribution in [3.63, 3.8) is 0 Å². The molecule has 0 spiro atoms. The minimum atomic E-state index is -1.37. The van der Waals surface area contributed by atoms with Crippen molar-refractivity contribution in [2.75, 3.05) is 13.2 Å². The molecule has 1 aliphatic heterocycles.